The van der Waals surface area contributed by atoms with Crippen molar-refractivity contribution in [3.05, 3.63) is 27.7 Å². The Bertz CT molecular complexity index is 384. The van der Waals surface area contributed by atoms with E-state index >= 15 is 0 Å². The molecular weight excluding hydrogens is 206 g/mol. The number of rotatable bonds is 2. The van der Waals surface area contributed by atoms with E-state index in [1.54, 1.807) is 6.20 Å². The first-order chi connectivity index (χ1) is 6.27. The third kappa shape index (κ3) is 1.74. The minimum absolute atomic E-state index is 0.619. The van der Waals surface area contributed by atoms with Gasteiger partial charge in [-0.1, -0.05) is 4.49 Å². The highest BCUT2D eigenvalue weighted by atomic mass is 32.1. The summed E-state index contributed by atoms with van der Waals surface area (Å²) in [6.07, 6.45) is 0.955. The van der Waals surface area contributed by atoms with Crippen LogP contribution in [0.5, 0.6) is 0 Å². The monoisotopic (exact) mass is 213 g/mol. The van der Waals surface area contributed by atoms with Crippen molar-refractivity contribution in [2.75, 3.05) is 0 Å². The van der Waals surface area contributed by atoms with Crippen molar-refractivity contribution in [3.63, 3.8) is 0 Å². The van der Waals surface area contributed by atoms with Gasteiger partial charge in [-0.05, 0) is 36.1 Å². The van der Waals surface area contributed by atoms with Crippen LogP contribution in [0.3, 0.4) is 0 Å². The maximum atomic E-state index is 9.79. The summed E-state index contributed by atoms with van der Waals surface area (Å²) in [5, 5.41) is 13.5. The van der Waals surface area contributed by atoms with Gasteiger partial charge in [0.2, 0.25) is 0 Å². The van der Waals surface area contributed by atoms with E-state index in [9.17, 15) is 5.11 Å². The smallest absolute Gasteiger partial charge is 0.127 e. The van der Waals surface area contributed by atoms with Gasteiger partial charge in [0, 0.05) is 0 Å². The van der Waals surface area contributed by atoms with E-state index in [2.05, 4.69) is 14.0 Å². The van der Waals surface area contributed by atoms with E-state index in [4.69, 9.17) is 0 Å². The van der Waals surface area contributed by atoms with Crippen molar-refractivity contribution in [2.24, 2.45) is 0 Å². The summed E-state index contributed by atoms with van der Waals surface area (Å²) in [7, 11) is 0. The lowest BCUT2D eigenvalue weighted by atomic mass is 10.2. The Labute approximate surface area is 83.2 Å². The second-order valence-electron chi connectivity index (χ2n) is 2.59. The Morgan fingerprint density at radius 1 is 1.38 bits per heavy atom. The number of aryl methyl sites for hydroxylation is 1. The minimum atomic E-state index is -0.619. The summed E-state index contributed by atoms with van der Waals surface area (Å²) in [5.41, 5.74) is 0.927. The van der Waals surface area contributed by atoms with Crippen molar-refractivity contribution in [1.82, 2.24) is 14.0 Å². The fraction of sp³-hybridized carbons (Fsp3) is 0.286. The summed E-state index contributed by atoms with van der Waals surface area (Å²) < 4.78 is 7.78. The average Bonchev–Trinajstić information content (AvgIpc) is 2.72. The van der Waals surface area contributed by atoms with Crippen LogP contribution >= 0.6 is 23.1 Å². The molecule has 0 saturated carbocycles. The molecule has 1 unspecified atom stereocenters. The summed E-state index contributed by atoms with van der Waals surface area (Å²) in [4.78, 5) is 1.59. The van der Waals surface area contributed by atoms with Crippen LogP contribution in [0.4, 0.5) is 0 Å². The molecule has 2 rings (SSSR count). The number of hydrogen-bond donors (Lipinski definition) is 1. The van der Waals surface area contributed by atoms with Gasteiger partial charge in [0.15, 0.2) is 0 Å². The van der Waals surface area contributed by atoms with Crippen molar-refractivity contribution >= 4 is 23.1 Å². The molecule has 2 aromatic heterocycles. The second kappa shape index (κ2) is 3.49. The normalized spacial score (nSPS) is 13.1. The highest BCUT2D eigenvalue weighted by Crippen LogP contribution is 2.26. The first-order valence-electron chi connectivity index (χ1n) is 3.66. The van der Waals surface area contributed by atoms with Gasteiger partial charge in [-0.3, -0.25) is 0 Å². The van der Waals surface area contributed by atoms with Crippen LogP contribution in [0.25, 0.3) is 0 Å². The molecule has 6 heteroatoms. The summed E-state index contributed by atoms with van der Waals surface area (Å²) in [6.45, 7) is 1.90. The molecule has 2 heterocycles. The molecule has 1 atom stereocenters. The minimum Gasteiger partial charge on any atom is -0.382 e. The third-order valence-electron chi connectivity index (χ3n) is 1.56. The number of aliphatic hydroxyl groups excluding tert-OH is 1. The Morgan fingerprint density at radius 3 is 2.77 bits per heavy atom. The molecule has 0 saturated heterocycles. The van der Waals surface area contributed by atoms with Crippen LogP contribution < -0.4 is 0 Å². The van der Waals surface area contributed by atoms with E-state index in [0.29, 0.717) is 0 Å². The largest absolute Gasteiger partial charge is 0.382 e. The Morgan fingerprint density at radius 2 is 2.23 bits per heavy atom. The summed E-state index contributed by atoms with van der Waals surface area (Å²) >= 11 is 2.51. The topological polar surface area (TPSA) is 58.9 Å². The SMILES string of the molecule is Cc1cc(C(O)c2cnns2)sn1. The Kier molecular flexibility index (Phi) is 2.34. The Hall–Kier alpha value is -0.850. The standard InChI is InChI=1S/C7H7N3OS2/c1-4-2-5(12-9-4)7(11)6-3-8-10-13-6/h2-3,7,11H,1H3. The number of hydrogen-bond acceptors (Lipinski definition) is 6. The van der Waals surface area contributed by atoms with Crippen LogP contribution in [-0.4, -0.2) is 19.1 Å². The molecule has 4 nitrogen and oxygen atoms in total. The molecule has 13 heavy (non-hydrogen) atoms. The van der Waals surface area contributed by atoms with Crippen molar-refractivity contribution in [2.45, 2.75) is 13.0 Å². The zero-order valence-corrected chi connectivity index (χ0v) is 8.47. The molecular formula is C7H7N3OS2. The molecule has 0 fully saturated rings. The first kappa shape index (κ1) is 8.74. The van der Waals surface area contributed by atoms with E-state index < -0.39 is 6.10 Å². The molecule has 0 spiro atoms. The van der Waals surface area contributed by atoms with Crippen molar-refractivity contribution in [1.29, 1.82) is 0 Å². The molecule has 0 aromatic carbocycles. The molecule has 0 aliphatic heterocycles. The summed E-state index contributed by atoms with van der Waals surface area (Å²) in [5.74, 6) is 0. The van der Waals surface area contributed by atoms with E-state index in [1.165, 1.54) is 23.1 Å². The van der Waals surface area contributed by atoms with Crippen LogP contribution in [0.2, 0.25) is 0 Å². The predicted octanol–water partition coefficient (Wildman–Crippen LogP) is 1.38. The fourth-order valence-corrected chi connectivity index (χ4v) is 2.28. The molecule has 2 aromatic rings. The molecule has 0 aliphatic carbocycles. The number of aliphatic hydroxyl groups is 1. The molecule has 0 aliphatic rings. The van der Waals surface area contributed by atoms with Crippen LogP contribution in [0.1, 0.15) is 21.6 Å². The fourth-order valence-electron chi connectivity index (χ4n) is 0.948. The second-order valence-corrected chi connectivity index (χ2v) is 4.25. The predicted molar refractivity (Wildman–Crippen MR) is 50.8 cm³/mol. The first-order valence-corrected chi connectivity index (χ1v) is 5.20. The molecule has 0 bridgehead atoms. The molecule has 0 amide bonds. The Balaban J connectivity index is 2.28. The van der Waals surface area contributed by atoms with Gasteiger partial charge in [-0.2, -0.15) is 4.37 Å². The van der Waals surface area contributed by atoms with Gasteiger partial charge in [0.05, 0.1) is 21.6 Å². The summed E-state index contributed by atoms with van der Waals surface area (Å²) in [6, 6.07) is 1.87. The molecule has 0 radical (unpaired) electrons. The number of aromatic nitrogens is 3. The zero-order chi connectivity index (χ0) is 9.26. The van der Waals surface area contributed by atoms with E-state index in [1.807, 2.05) is 13.0 Å². The van der Waals surface area contributed by atoms with Gasteiger partial charge in [-0.15, -0.1) is 5.10 Å². The van der Waals surface area contributed by atoms with Crippen LogP contribution in [0, 0.1) is 6.92 Å². The van der Waals surface area contributed by atoms with Crippen LogP contribution in [-0.2, 0) is 0 Å². The maximum Gasteiger partial charge on any atom is 0.127 e. The quantitative estimate of drug-likeness (QED) is 0.819. The lowest BCUT2D eigenvalue weighted by Crippen LogP contribution is -1.92. The van der Waals surface area contributed by atoms with Crippen molar-refractivity contribution in [3.8, 4) is 0 Å². The third-order valence-corrected chi connectivity index (χ3v) is 3.21. The molecule has 1 N–H and O–H groups in total. The average molecular weight is 213 g/mol. The van der Waals surface area contributed by atoms with E-state index in [0.717, 1.165) is 15.4 Å². The lowest BCUT2D eigenvalue weighted by molar-refractivity contribution is 0.228. The molecule has 68 valence electrons. The highest BCUT2D eigenvalue weighted by molar-refractivity contribution is 7.07. The lowest BCUT2D eigenvalue weighted by Gasteiger charge is -2.01. The van der Waals surface area contributed by atoms with Gasteiger partial charge in [0.25, 0.3) is 0 Å². The maximum absolute atomic E-state index is 9.79. The van der Waals surface area contributed by atoms with Gasteiger partial charge in [-0.25, -0.2) is 0 Å². The van der Waals surface area contributed by atoms with Gasteiger partial charge in [0.1, 0.15) is 6.10 Å². The number of nitrogens with zero attached hydrogens (tertiary/aromatic N) is 3. The van der Waals surface area contributed by atoms with Gasteiger partial charge < -0.3 is 5.11 Å². The van der Waals surface area contributed by atoms with E-state index in [-0.39, 0.29) is 0 Å². The van der Waals surface area contributed by atoms with Crippen LogP contribution in [0.15, 0.2) is 12.3 Å². The van der Waals surface area contributed by atoms with Gasteiger partial charge >= 0.3 is 0 Å². The van der Waals surface area contributed by atoms with Crippen molar-refractivity contribution < 1.29 is 5.11 Å². The highest BCUT2D eigenvalue weighted by Gasteiger charge is 2.14. The zero-order valence-electron chi connectivity index (χ0n) is 6.84.